The second-order valence-electron chi connectivity index (χ2n) is 6.13. The molecule has 1 heterocycles. The molecule has 0 saturated carbocycles. The van der Waals surface area contributed by atoms with E-state index in [9.17, 15) is 4.39 Å². The molecule has 2 N–H and O–H groups in total. The van der Waals surface area contributed by atoms with Crippen LogP contribution in [0.15, 0.2) is 48.5 Å². The summed E-state index contributed by atoms with van der Waals surface area (Å²) in [6.45, 7) is 2.93. The number of hydrogen-bond acceptors (Lipinski definition) is 2. The van der Waals surface area contributed by atoms with Crippen molar-refractivity contribution in [1.82, 2.24) is 10.2 Å². The standard InChI is InChI=1S/C19H21ClFN3S/c20-16-12-15(8-9-17(16)21)23-19(25)22-13-18(24-10-4-5-11-24)14-6-2-1-3-7-14/h1-3,6-9,12,18H,4-5,10-11,13H2,(H2,22,23,25). The van der Waals surface area contributed by atoms with Crippen LogP contribution in [0.25, 0.3) is 0 Å². The fraction of sp³-hybridized carbons (Fsp3) is 0.316. The number of hydrogen-bond donors (Lipinski definition) is 2. The minimum absolute atomic E-state index is 0.0760. The van der Waals surface area contributed by atoms with Gasteiger partial charge in [0.05, 0.1) is 11.1 Å². The van der Waals surface area contributed by atoms with Crippen molar-refractivity contribution in [3.8, 4) is 0 Å². The van der Waals surface area contributed by atoms with Crippen LogP contribution in [-0.4, -0.2) is 29.6 Å². The summed E-state index contributed by atoms with van der Waals surface area (Å²) in [5.74, 6) is -0.440. The maximum Gasteiger partial charge on any atom is 0.170 e. The molecule has 0 bridgehead atoms. The second-order valence-corrected chi connectivity index (χ2v) is 6.95. The molecule has 1 aliphatic rings. The fourth-order valence-corrected chi connectivity index (χ4v) is 3.51. The first-order valence-electron chi connectivity index (χ1n) is 8.42. The third-order valence-corrected chi connectivity index (χ3v) is 4.94. The molecule has 3 rings (SSSR count). The van der Waals surface area contributed by atoms with Gasteiger partial charge in [0.15, 0.2) is 5.11 Å². The van der Waals surface area contributed by atoms with Gasteiger partial charge in [0.1, 0.15) is 5.82 Å². The topological polar surface area (TPSA) is 27.3 Å². The number of halogens is 2. The molecule has 1 unspecified atom stereocenters. The molecule has 1 saturated heterocycles. The number of nitrogens with one attached hydrogen (secondary N) is 2. The van der Waals surface area contributed by atoms with Gasteiger partial charge in [-0.05, 0) is 61.9 Å². The van der Waals surface area contributed by atoms with Crippen LogP contribution >= 0.6 is 23.8 Å². The average Bonchev–Trinajstić information content (AvgIpc) is 3.14. The number of benzene rings is 2. The molecule has 1 atom stereocenters. The lowest BCUT2D eigenvalue weighted by atomic mass is 10.1. The molecule has 0 spiro atoms. The quantitative estimate of drug-likeness (QED) is 0.744. The molecule has 2 aromatic carbocycles. The molecule has 0 amide bonds. The highest BCUT2D eigenvalue weighted by molar-refractivity contribution is 7.80. The Kier molecular flexibility index (Phi) is 6.24. The van der Waals surface area contributed by atoms with Gasteiger partial charge in [0.2, 0.25) is 0 Å². The Balaban J connectivity index is 1.62. The zero-order valence-electron chi connectivity index (χ0n) is 13.8. The summed E-state index contributed by atoms with van der Waals surface area (Å²) in [6.07, 6.45) is 2.47. The predicted octanol–water partition coefficient (Wildman–Crippen LogP) is 4.60. The third-order valence-electron chi connectivity index (χ3n) is 4.40. The van der Waals surface area contributed by atoms with Gasteiger partial charge in [-0.25, -0.2) is 4.39 Å². The average molecular weight is 378 g/mol. The number of rotatable bonds is 5. The van der Waals surface area contributed by atoms with Crippen LogP contribution < -0.4 is 10.6 Å². The molecular formula is C19H21ClFN3S. The van der Waals surface area contributed by atoms with Crippen molar-refractivity contribution in [2.75, 3.05) is 25.0 Å². The monoisotopic (exact) mass is 377 g/mol. The van der Waals surface area contributed by atoms with E-state index in [-0.39, 0.29) is 11.1 Å². The van der Waals surface area contributed by atoms with Gasteiger partial charge in [0, 0.05) is 12.2 Å². The summed E-state index contributed by atoms with van der Waals surface area (Å²) in [5.41, 5.74) is 1.95. The van der Waals surface area contributed by atoms with Crippen molar-refractivity contribution in [2.45, 2.75) is 18.9 Å². The Bertz CT molecular complexity index is 720. The first-order chi connectivity index (χ1) is 12.1. The van der Waals surface area contributed by atoms with Gasteiger partial charge in [-0.2, -0.15) is 0 Å². The van der Waals surface area contributed by atoms with Gasteiger partial charge in [-0.15, -0.1) is 0 Å². The Labute approximate surface area is 158 Å². The van der Waals surface area contributed by atoms with Crippen molar-refractivity contribution < 1.29 is 4.39 Å². The smallest absolute Gasteiger partial charge is 0.170 e. The van der Waals surface area contributed by atoms with E-state index in [1.807, 2.05) is 6.07 Å². The summed E-state index contributed by atoms with van der Waals surface area (Å²) >= 11 is 11.2. The molecule has 3 nitrogen and oxygen atoms in total. The SMILES string of the molecule is Fc1ccc(NC(=S)NCC(c2ccccc2)N2CCCC2)cc1Cl. The number of thiocarbonyl (C=S) groups is 1. The Morgan fingerprint density at radius 1 is 1.16 bits per heavy atom. The summed E-state index contributed by atoms with van der Waals surface area (Å²) in [5, 5.41) is 6.92. The van der Waals surface area contributed by atoms with E-state index in [1.54, 1.807) is 6.07 Å². The lowest BCUT2D eigenvalue weighted by Gasteiger charge is -2.28. The largest absolute Gasteiger partial charge is 0.361 e. The summed E-state index contributed by atoms with van der Waals surface area (Å²) in [4.78, 5) is 2.49. The minimum atomic E-state index is -0.440. The van der Waals surface area contributed by atoms with Crippen molar-refractivity contribution >= 4 is 34.6 Å². The molecule has 0 aromatic heterocycles. The highest BCUT2D eigenvalue weighted by Gasteiger charge is 2.23. The lowest BCUT2D eigenvalue weighted by molar-refractivity contribution is 0.246. The maximum absolute atomic E-state index is 13.2. The first-order valence-corrected chi connectivity index (χ1v) is 9.21. The van der Waals surface area contributed by atoms with Crippen LogP contribution in [0.3, 0.4) is 0 Å². The van der Waals surface area contributed by atoms with Gasteiger partial charge in [-0.1, -0.05) is 41.9 Å². The molecule has 6 heteroatoms. The summed E-state index contributed by atoms with van der Waals surface area (Å²) in [7, 11) is 0. The van der Waals surface area contributed by atoms with Crippen LogP contribution in [0, 0.1) is 5.82 Å². The van der Waals surface area contributed by atoms with Crippen molar-refractivity contribution in [3.05, 3.63) is 64.9 Å². The first kappa shape index (κ1) is 18.1. The van der Waals surface area contributed by atoms with Crippen LogP contribution in [0.4, 0.5) is 10.1 Å². The molecule has 1 aliphatic heterocycles. The maximum atomic E-state index is 13.2. The Morgan fingerprint density at radius 3 is 2.56 bits per heavy atom. The van der Waals surface area contributed by atoms with E-state index >= 15 is 0 Å². The number of nitrogens with zero attached hydrogens (tertiary/aromatic N) is 1. The van der Waals surface area contributed by atoms with Crippen LogP contribution in [0.2, 0.25) is 5.02 Å². The van der Waals surface area contributed by atoms with Crippen LogP contribution in [-0.2, 0) is 0 Å². The highest BCUT2D eigenvalue weighted by Crippen LogP contribution is 2.24. The van der Waals surface area contributed by atoms with E-state index in [0.29, 0.717) is 17.3 Å². The van der Waals surface area contributed by atoms with Gasteiger partial charge < -0.3 is 10.6 Å². The summed E-state index contributed by atoms with van der Waals surface area (Å²) < 4.78 is 13.2. The molecule has 2 aromatic rings. The van der Waals surface area contributed by atoms with Gasteiger partial charge in [0.25, 0.3) is 0 Å². The van der Waals surface area contributed by atoms with Crippen molar-refractivity contribution in [2.24, 2.45) is 0 Å². The third kappa shape index (κ3) is 4.91. The van der Waals surface area contributed by atoms with Crippen LogP contribution in [0.5, 0.6) is 0 Å². The second kappa shape index (κ2) is 8.61. The lowest BCUT2D eigenvalue weighted by Crippen LogP contribution is -2.38. The molecular weight excluding hydrogens is 357 g/mol. The van der Waals surface area contributed by atoms with Gasteiger partial charge in [-0.3, -0.25) is 4.90 Å². The van der Waals surface area contributed by atoms with Crippen molar-refractivity contribution in [3.63, 3.8) is 0 Å². The van der Waals surface area contributed by atoms with E-state index in [1.165, 1.54) is 30.5 Å². The molecule has 25 heavy (non-hydrogen) atoms. The highest BCUT2D eigenvalue weighted by atomic mass is 35.5. The normalized spacial score (nSPS) is 15.8. The van der Waals surface area contributed by atoms with Crippen molar-refractivity contribution in [1.29, 1.82) is 0 Å². The zero-order chi connectivity index (χ0) is 17.6. The molecule has 132 valence electrons. The molecule has 0 radical (unpaired) electrons. The Morgan fingerprint density at radius 2 is 1.88 bits per heavy atom. The molecule has 0 aliphatic carbocycles. The predicted molar refractivity (Wildman–Crippen MR) is 106 cm³/mol. The van der Waals surface area contributed by atoms with Crippen LogP contribution in [0.1, 0.15) is 24.4 Å². The number of anilines is 1. The fourth-order valence-electron chi connectivity index (χ4n) is 3.12. The van der Waals surface area contributed by atoms with E-state index in [4.69, 9.17) is 23.8 Å². The number of likely N-dealkylation sites (tertiary alicyclic amines) is 1. The minimum Gasteiger partial charge on any atom is -0.361 e. The van der Waals surface area contributed by atoms with E-state index in [2.05, 4.69) is 39.8 Å². The summed E-state index contributed by atoms with van der Waals surface area (Å²) in [6, 6.07) is 15.2. The zero-order valence-corrected chi connectivity index (χ0v) is 15.4. The van der Waals surface area contributed by atoms with E-state index in [0.717, 1.165) is 13.1 Å². The van der Waals surface area contributed by atoms with E-state index < -0.39 is 5.82 Å². The Hall–Kier alpha value is -1.69. The van der Waals surface area contributed by atoms with Gasteiger partial charge >= 0.3 is 0 Å². The molecule has 1 fully saturated rings.